The van der Waals surface area contributed by atoms with Crippen molar-refractivity contribution in [1.82, 2.24) is 14.7 Å². The van der Waals surface area contributed by atoms with Crippen molar-refractivity contribution < 1.29 is 17.2 Å². The van der Waals surface area contributed by atoms with Crippen molar-refractivity contribution in [3.05, 3.63) is 53.6 Å². The van der Waals surface area contributed by atoms with Crippen molar-refractivity contribution in [3.8, 4) is 0 Å². The molecule has 1 fully saturated rings. The molecule has 2 aromatic rings. The molecule has 0 amide bonds. The van der Waals surface area contributed by atoms with Crippen LogP contribution in [0.4, 0.5) is 8.78 Å². The predicted molar refractivity (Wildman–Crippen MR) is 74.4 cm³/mol. The SMILES string of the molecule is O=S(=O)(NCc1cc(C2CC2)ncn1)c1ccc(F)c(F)c1. The van der Waals surface area contributed by atoms with Crippen LogP contribution in [0.5, 0.6) is 0 Å². The molecule has 1 saturated carbocycles. The Kier molecular flexibility index (Phi) is 3.88. The number of nitrogens with zero attached hydrogens (tertiary/aromatic N) is 2. The number of hydrogen-bond acceptors (Lipinski definition) is 4. The molecule has 1 aromatic heterocycles. The number of halogens is 2. The first kappa shape index (κ1) is 15.0. The lowest BCUT2D eigenvalue weighted by Crippen LogP contribution is -2.24. The van der Waals surface area contributed by atoms with Crippen molar-refractivity contribution in [2.75, 3.05) is 0 Å². The molecule has 1 aliphatic carbocycles. The number of rotatable bonds is 5. The van der Waals surface area contributed by atoms with Crippen molar-refractivity contribution in [2.45, 2.75) is 30.2 Å². The highest BCUT2D eigenvalue weighted by Gasteiger charge is 2.25. The quantitative estimate of drug-likeness (QED) is 0.914. The first-order valence-electron chi connectivity index (χ1n) is 6.71. The molecule has 8 heteroatoms. The molecule has 1 N–H and O–H groups in total. The van der Waals surface area contributed by atoms with E-state index < -0.39 is 21.7 Å². The van der Waals surface area contributed by atoms with Gasteiger partial charge in [0.05, 0.1) is 17.1 Å². The average Bonchev–Trinajstić information content (AvgIpc) is 3.33. The van der Waals surface area contributed by atoms with Crippen LogP contribution in [-0.4, -0.2) is 18.4 Å². The zero-order valence-electron chi connectivity index (χ0n) is 11.5. The van der Waals surface area contributed by atoms with Crippen molar-refractivity contribution in [1.29, 1.82) is 0 Å². The second kappa shape index (κ2) is 5.69. The Labute approximate surface area is 126 Å². The van der Waals surface area contributed by atoms with E-state index in [0.29, 0.717) is 17.7 Å². The molecule has 0 saturated heterocycles. The van der Waals surface area contributed by atoms with Gasteiger partial charge in [0.2, 0.25) is 10.0 Å². The lowest BCUT2D eigenvalue weighted by Gasteiger charge is -2.07. The number of nitrogens with one attached hydrogen (secondary N) is 1. The Morgan fingerprint density at radius 3 is 2.59 bits per heavy atom. The lowest BCUT2D eigenvalue weighted by molar-refractivity contribution is 0.504. The molecule has 5 nitrogen and oxygen atoms in total. The monoisotopic (exact) mass is 325 g/mol. The highest BCUT2D eigenvalue weighted by atomic mass is 32.2. The third-order valence-corrected chi connectivity index (χ3v) is 4.78. The van der Waals surface area contributed by atoms with Crippen LogP contribution in [0.2, 0.25) is 0 Å². The first-order chi connectivity index (χ1) is 10.5. The van der Waals surface area contributed by atoms with Crippen LogP contribution < -0.4 is 4.72 Å². The minimum atomic E-state index is -3.93. The summed E-state index contributed by atoms with van der Waals surface area (Å²) < 4.78 is 52.4. The van der Waals surface area contributed by atoms with Gasteiger partial charge in [-0.05, 0) is 37.1 Å². The maximum atomic E-state index is 13.1. The third kappa shape index (κ3) is 3.28. The highest BCUT2D eigenvalue weighted by Crippen LogP contribution is 2.38. The number of aromatic nitrogens is 2. The summed E-state index contributed by atoms with van der Waals surface area (Å²) in [5.74, 6) is -1.87. The van der Waals surface area contributed by atoms with Gasteiger partial charge in [-0.25, -0.2) is 31.9 Å². The number of benzene rings is 1. The summed E-state index contributed by atoms with van der Waals surface area (Å²) in [5, 5.41) is 0. The molecule has 1 heterocycles. The maximum Gasteiger partial charge on any atom is 0.241 e. The van der Waals surface area contributed by atoms with E-state index in [9.17, 15) is 17.2 Å². The summed E-state index contributed by atoms with van der Waals surface area (Å²) in [4.78, 5) is 7.82. The van der Waals surface area contributed by atoms with Gasteiger partial charge in [-0.2, -0.15) is 0 Å². The van der Waals surface area contributed by atoms with E-state index in [0.717, 1.165) is 30.7 Å². The van der Waals surface area contributed by atoms with Gasteiger partial charge in [-0.3, -0.25) is 0 Å². The van der Waals surface area contributed by atoms with Crippen LogP contribution in [0.1, 0.15) is 30.1 Å². The van der Waals surface area contributed by atoms with Gasteiger partial charge in [-0.1, -0.05) is 0 Å². The molecular formula is C14H13F2N3O2S. The molecule has 0 atom stereocenters. The van der Waals surface area contributed by atoms with E-state index in [1.54, 1.807) is 6.07 Å². The average molecular weight is 325 g/mol. The van der Waals surface area contributed by atoms with Crippen LogP contribution in [0.25, 0.3) is 0 Å². The second-order valence-corrected chi connectivity index (χ2v) is 6.88. The fourth-order valence-corrected chi connectivity index (χ4v) is 3.02. The smallest absolute Gasteiger partial charge is 0.241 e. The van der Waals surface area contributed by atoms with Gasteiger partial charge in [0.25, 0.3) is 0 Å². The first-order valence-corrected chi connectivity index (χ1v) is 8.19. The van der Waals surface area contributed by atoms with Gasteiger partial charge in [0.15, 0.2) is 11.6 Å². The van der Waals surface area contributed by atoms with Gasteiger partial charge < -0.3 is 0 Å². The maximum absolute atomic E-state index is 13.1. The Balaban J connectivity index is 1.74. The normalized spacial score (nSPS) is 15.0. The molecular weight excluding hydrogens is 312 g/mol. The third-order valence-electron chi connectivity index (χ3n) is 3.39. The van der Waals surface area contributed by atoms with E-state index >= 15 is 0 Å². The molecule has 1 aromatic carbocycles. The second-order valence-electron chi connectivity index (χ2n) is 5.11. The molecule has 0 radical (unpaired) electrons. The van der Waals surface area contributed by atoms with Gasteiger partial charge in [0.1, 0.15) is 6.33 Å². The fourth-order valence-electron chi connectivity index (χ4n) is 2.01. The Morgan fingerprint density at radius 2 is 1.91 bits per heavy atom. The number of sulfonamides is 1. The predicted octanol–water partition coefficient (Wildman–Crippen LogP) is 2.11. The molecule has 0 spiro atoms. The molecule has 3 rings (SSSR count). The van der Waals surface area contributed by atoms with Crippen LogP contribution in [-0.2, 0) is 16.6 Å². The minimum absolute atomic E-state index is 0.0381. The van der Waals surface area contributed by atoms with Crippen molar-refractivity contribution >= 4 is 10.0 Å². The van der Waals surface area contributed by atoms with Crippen LogP contribution >= 0.6 is 0 Å². The topological polar surface area (TPSA) is 72.0 Å². The van der Waals surface area contributed by atoms with E-state index in [1.165, 1.54) is 6.33 Å². The molecule has 0 unspecified atom stereocenters. The summed E-state index contributed by atoms with van der Waals surface area (Å²) >= 11 is 0. The fraction of sp³-hybridized carbons (Fsp3) is 0.286. The van der Waals surface area contributed by atoms with Gasteiger partial charge >= 0.3 is 0 Å². The zero-order valence-corrected chi connectivity index (χ0v) is 12.3. The molecule has 0 aliphatic heterocycles. The van der Waals surface area contributed by atoms with E-state index in [-0.39, 0.29) is 11.4 Å². The zero-order chi connectivity index (χ0) is 15.7. The summed E-state index contributed by atoms with van der Waals surface area (Å²) in [6, 6.07) is 4.19. The van der Waals surface area contributed by atoms with E-state index in [2.05, 4.69) is 14.7 Å². The summed E-state index contributed by atoms with van der Waals surface area (Å²) in [5.41, 5.74) is 1.43. The van der Waals surface area contributed by atoms with Crippen molar-refractivity contribution in [3.63, 3.8) is 0 Å². The minimum Gasteiger partial charge on any atom is -0.241 e. The molecule has 1 aliphatic rings. The summed E-state index contributed by atoms with van der Waals surface area (Å²) in [6.07, 6.45) is 3.56. The van der Waals surface area contributed by atoms with Crippen LogP contribution in [0.15, 0.2) is 35.5 Å². The van der Waals surface area contributed by atoms with E-state index in [1.807, 2.05) is 0 Å². The highest BCUT2D eigenvalue weighted by molar-refractivity contribution is 7.89. The largest absolute Gasteiger partial charge is 0.241 e. The van der Waals surface area contributed by atoms with Crippen LogP contribution in [0.3, 0.4) is 0 Å². The summed E-state index contributed by atoms with van der Waals surface area (Å²) in [6.45, 7) is -0.0381. The molecule has 22 heavy (non-hydrogen) atoms. The lowest BCUT2D eigenvalue weighted by atomic mass is 10.2. The van der Waals surface area contributed by atoms with Crippen molar-refractivity contribution in [2.24, 2.45) is 0 Å². The van der Waals surface area contributed by atoms with Gasteiger partial charge in [-0.15, -0.1) is 0 Å². The molecule has 116 valence electrons. The Morgan fingerprint density at radius 1 is 1.14 bits per heavy atom. The summed E-state index contributed by atoms with van der Waals surface area (Å²) in [7, 11) is -3.93. The van der Waals surface area contributed by atoms with Crippen LogP contribution in [0, 0.1) is 11.6 Å². The Bertz CT molecular complexity index is 807. The number of hydrogen-bond donors (Lipinski definition) is 1. The molecule has 0 bridgehead atoms. The van der Waals surface area contributed by atoms with E-state index in [4.69, 9.17) is 0 Å². The van der Waals surface area contributed by atoms with Gasteiger partial charge in [0, 0.05) is 11.6 Å². The Hall–Kier alpha value is -1.93. The standard InChI is InChI=1S/C14H13F2N3O2S/c15-12-4-3-11(6-13(12)16)22(20,21)19-7-10-5-14(9-1-2-9)18-8-17-10/h3-6,8-9,19H,1-2,7H2.